The van der Waals surface area contributed by atoms with Gasteiger partial charge in [-0.15, -0.1) is 0 Å². The molecule has 0 saturated heterocycles. The topological polar surface area (TPSA) is 55.1 Å². The molecule has 1 aromatic rings. The van der Waals surface area contributed by atoms with Gasteiger partial charge >= 0.3 is 0 Å². The predicted molar refractivity (Wildman–Crippen MR) is 80.2 cm³/mol. The standard InChI is InChI=1S/C14H22N2OS/c1-4-11-7-5-6-10(2)13(11)16-14(17)12(15)8-9-18-3/h5-7,12H,4,8-9,15H2,1-3H3,(H,16,17)/t12-/m1/s1. The number of para-hydroxylation sites is 1. The van der Waals surface area contributed by atoms with E-state index in [1.165, 1.54) is 0 Å². The van der Waals surface area contributed by atoms with E-state index in [9.17, 15) is 4.79 Å². The van der Waals surface area contributed by atoms with Crippen molar-refractivity contribution in [3.8, 4) is 0 Å². The summed E-state index contributed by atoms with van der Waals surface area (Å²) < 4.78 is 0. The van der Waals surface area contributed by atoms with Gasteiger partial charge in [0, 0.05) is 5.69 Å². The molecule has 0 aliphatic rings. The molecule has 1 amide bonds. The molecule has 1 aromatic carbocycles. The zero-order valence-corrected chi connectivity index (χ0v) is 12.1. The molecule has 0 aliphatic carbocycles. The van der Waals surface area contributed by atoms with E-state index in [1.54, 1.807) is 11.8 Å². The second kappa shape index (κ2) is 7.44. The first-order valence-corrected chi connectivity index (χ1v) is 7.63. The Hall–Kier alpha value is -1.000. The molecule has 4 heteroatoms. The number of nitrogens with two attached hydrogens (primary N) is 1. The minimum atomic E-state index is -0.429. The maximum absolute atomic E-state index is 12.0. The molecule has 0 spiro atoms. The number of hydrogen-bond acceptors (Lipinski definition) is 3. The molecule has 0 bridgehead atoms. The van der Waals surface area contributed by atoms with Gasteiger partial charge in [-0.05, 0) is 42.9 Å². The molecule has 0 unspecified atom stereocenters. The molecule has 18 heavy (non-hydrogen) atoms. The summed E-state index contributed by atoms with van der Waals surface area (Å²) in [7, 11) is 0. The molecule has 1 rings (SSSR count). The number of carbonyl (C=O) groups is 1. The van der Waals surface area contributed by atoms with Crippen molar-refractivity contribution in [2.45, 2.75) is 32.7 Å². The number of amides is 1. The quantitative estimate of drug-likeness (QED) is 0.832. The largest absolute Gasteiger partial charge is 0.324 e. The van der Waals surface area contributed by atoms with Gasteiger partial charge in [-0.2, -0.15) is 11.8 Å². The smallest absolute Gasteiger partial charge is 0.241 e. The third-order valence-electron chi connectivity index (χ3n) is 2.96. The van der Waals surface area contributed by atoms with Crippen molar-refractivity contribution < 1.29 is 4.79 Å². The lowest BCUT2D eigenvalue weighted by Crippen LogP contribution is -2.36. The molecule has 1 atom stereocenters. The van der Waals surface area contributed by atoms with Crippen molar-refractivity contribution in [1.82, 2.24) is 0 Å². The summed E-state index contributed by atoms with van der Waals surface area (Å²) in [6, 6.07) is 5.62. The summed E-state index contributed by atoms with van der Waals surface area (Å²) in [4.78, 5) is 12.0. The van der Waals surface area contributed by atoms with Crippen LogP contribution in [0.15, 0.2) is 18.2 Å². The number of anilines is 1. The van der Waals surface area contributed by atoms with Crippen molar-refractivity contribution in [2.75, 3.05) is 17.3 Å². The SMILES string of the molecule is CCc1cccc(C)c1NC(=O)[C@H](N)CCSC. The lowest BCUT2D eigenvalue weighted by atomic mass is 10.1. The summed E-state index contributed by atoms with van der Waals surface area (Å²) in [5, 5.41) is 2.97. The number of hydrogen-bond donors (Lipinski definition) is 2. The Labute approximate surface area is 114 Å². The first-order valence-electron chi connectivity index (χ1n) is 6.24. The van der Waals surface area contributed by atoms with Gasteiger partial charge in [0.2, 0.25) is 5.91 Å². The minimum Gasteiger partial charge on any atom is -0.324 e. The first kappa shape index (κ1) is 15.1. The van der Waals surface area contributed by atoms with Crippen LogP contribution < -0.4 is 11.1 Å². The van der Waals surface area contributed by atoms with E-state index in [2.05, 4.69) is 12.2 Å². The Balaban J connectivity index is 2.75. The summed E-state index contributed by atoms with van der Waals surface area (Å²) in [6.07, 6.45) is 3.62. The predicted octanol–water partition coefficient (Wildman–Crippen LogP) is 2.58. The highest BCUT2D eigenvalue weighted by Crippen LogP contribution is 2.21. The van der Waals surface area contributed by atoms with Crippen molar-refractivity contribution in [3.05, 3.63) is 29.3 Å². The van der Waals surface area contributed by atoms with E-state index in [1.807, 2.05) is 31.4 Å². The second-order valence-electron chi connectivity index (χ2n) is 4.34. The number of nitrogens with one attached hydrogen (secondary N) is 1. The molecule has 3 N–H and O–H groups in total. The maximum atomic E-state index is 12.0. The molecule has 0 aromatic heterocycles. The monoisotopic (exact) mass is 266 g/mol. The average Bonchev–Trinajstić information content (AvgIpc) is 2.38. The summed E-state index contributed by atoms with van der Waals surface area (Å²) in [6.45, 7) is 4.08. The fourth-order valence-electron chi connectivity index (χ4n) is 1.79. The Morgan fingerprint density at radius 1 is 1.50 bits per heavy atom. The molecule has 100 valence electrons. The average molecular weight is 266 g/mol. The molecule has 0 aliphatic heterocycles. The van der Waals surface area contributed by atoms with Gasteiger partial charge in [0.05, 0.1) is 6.04 Å². The minimum absolute atomic E-state index is 0.0898. The fraction of sp³-hybridized carbons (Fsp3) is 0.500. The van der Waals surface area contributed by atoms with Crippen molar-refractivity contribution >= 4 is 23.4 Å². The van der Waals surface area contributed by atoms with Crippen LogP contribution in [0.4, 0.5) is 5.69 Å². The lowest BCUT2D eigenvalue weighted by molar-refractivity contribution is -0.117. The van der Waals surface area contributed by atoms with Crippen molar-refractivity contribution in [2.24, 2.45) is 5.73 Å². The molecule has 0 fully saturated rings. The Morgan fingerprint density at radius 3 is 2.83 bits per heavy atom. The zero-order valence-electron chi connectivity index (χ0n) is 11.3. The Morgan fingerprint density at radius 2 is 2.22 bits per heavy atom. The van der Waals surface area contributed by atoms with Gasteiger partial charge in [0.25, 0.3) is 0 Å². The third kappa shape index (κ3) is 4.03. The van der Waals surface area contributed by atoms with Crippen LogP contribution >= 0.6 is 11.8 Å². The third-order valence-corrected chi connectivity index (χ3v) is 3.60. The second-order valence-corrected chi connectivity index (χ2v) is 5.33. The van der Waals surface area contributed by atoms with Crippen LogP contribution in [0, 0.1) is 6.92 Å². The number of rotatable bonds is 6. The molecular weight excluding hydrogens is 244 g/mol. The number of thioether (sulfide) groups is 1. The normalized spacial score (nSPS) is 12.2. The van der Waals surface area contributed by atoms with Crippen LogP contribution in [0.1, 0.15) is 24.5 Å². The van der Waals surface area contributed by atoms with Gasteiger partial charge in [-0.25, -0.2) is 0 Å². The van der Waals surface area contributed by atoms with Crippen molar-refractivity contribution in [1.29, 1.82) is 0 Å². The van der Waals surface area contributed by atoms with E-state index in [0.717, 1.165) is 29.0 Å². The summed E-state index contributed by atoms with van der Waals surface area (Å²) in [5.41, 5.74) is 9.02. The van der Waals surface area contributed by atoms with Crippen LogP contribution in [-0.4, -0.2) is 24.0 Å². The molecule has 0 heterocycles. The van der Waals surface area contributed by atoms with Crippen LogP contribution in [-0.2, 0) is 11.2 Å². The number of carbonyl (C=O) groups excluding carboxylic acids is 1. The summed E-state index contributed by atoms with van der Waals surface area (Å²) in [5.74, 6) is 0.816. The highest BCUT2D eigenvalue weighted by atomic mass is 32.2. The van der Waals surface area contributed by atoms with Crippen molar-refractivity contribution in [3.63, 3.8) is 0 Å². The molecular formula is C14H22N2OS. The van der Waals surface area contributed by atoms with Gasteiger partial charge < -0.3 is 11.1 Å². The highest BCUT2D eigenvalue weighted by Gasteiger charge is 2.15. The first-order chi connectivity index (χ1) is 8.60. The van der Waals surface area contributed by atoms with Crippen LogP contribution in [0.2, 0.25) is 0 Å². The van der Waals surface area contributed by atoms with Crippen LogP contribution in [0.3, 0.4) is 0 Å². The van der Waals surface area contributed by atoms with Crippen LogP contribution in [0.5, 0.6) is 0 Å². The maximum Gasteiger partial charge on any atom is 0.241 e. The highest BCUT2D eigenvalue weighted by molar-refractivity contribution is 7.98. The zero-order chi connectivity index (χ0) is 13.5. The lowest BCUT2D eigenvalue weighted by Gasteiger charge is -2.16. The van der Waals surface area contributed by atoms with E-state index >= 15 is 0 Å². The van der Waals surface area contributed by atoms with E-state index in [4.69, 9.17) is 5.73 Å². The van der Waals surface area contributed by atoms with Gasteiger partial charge in [-0.1, -0.05) is 25.1 Å². The van der Waals surface area contributed by atoms with E-state index in [-0.39, 0.29) is 5.91 Å². The van der Waals surface area contributed by atoms with E-state index in [0.29, 0.717) is 6.42 Å². The molecule has 0 radical (unpaired) electrons. The Bertz CT molecular complexity index is 407. The summed E-state index contributed by atoms with van der Waals surface area (Å²) >= 11 is 1.70. The van der Waals surface area contributed by atoms with Crippen LogP contribution in [0.25, 0.3) is 0 Å². The van der Waals surface area contributed by atoms with E-state index < -0.39 is 6.04 Å². The number of benzene rings is 1. The fourth-order valence-corrected chi connectivity index (χ4v) is 2.28. The van der Waals surface area contributed by atoms with Gasteiger partial charge in [0.1, 0.15) is 0 Å². The van der Waals surface area contributed by atoms with Gasteiger partial charge in [-0.3, -0.25) is 4.79 Å². The molecule has 3 nitrogen and oxygen atoms in total. The number of aryl methyl sites for hydroxylation is 2. The van der Waals surface area contributed by atoms with Gasteiger partial charge in [0.15, 0.2) is 0 Å². The molecule has 0 saturated carbocycles. The Kier molecular flexibility index (Phi) is 6.22.